The second-order valence-corrected chi connectivity index (χ2v) is 9.01. The Labute approximate surface area is 217 Å². The first-order chi connectivity index (χ1) is 18.0. The van der Waals surface area contributed by atoms with E-state index in [2.05, 4.69) is 11.4 Å². The van der Waals surface area contributed by atoms with Gasteiger partial charge in [0.05, 0.1) is 20.3 Å². The van der Waals surface area contributed by atoms with Gasteiger partial charge in [0.1, 0.15) is 12.1 Å². The molecule has 0 saturated carbocycles. The number of carbonyl (C=O) groups is 2. The van der Waals surface area contributed by atoms with E-state index in [0.717, 1.165) is 17.5 Å². The zero-order valence-electron chi connectivity index (χ0n) is 21.1. The third kappa shape index (κ3) is 5.92. The highest BCUT2D eigenvalue weighted by Crippen LogP contribution is 2.32. The summed E-state index contributed by atoms with van der Waals surface area (Å²) in [5.41, 5.74) is 2.69. The van der Waals surface area contributed by atoms with Gasteiger partial charge in [-0.3, -0.25) is 9.59 Å². The molecule has 0 spiro atoms. The maximum Gasteiger partial charge on any atom is 0.244 e. The number of benzene rings is 3. The highest BCUT2D eigenvalue weighted by atomic mass is 16.5. The van der Waals surface area contributed by atoms with Gasteiger partial charge in [-0.05, 0) is 41.7 Å². The average Bonchev–Trinajstić information content (AvgIpc) is 3.45. The van der Waals surface area contributed by atoms with Crippen LogP contribution in [0.5, 0.6) is 11.5 Å². The summed E-state index contributed by atoms with van der Waals surface area (Å²) in [4.78, 5) is 28.5. The van der Waals surface area contributed by atoms with Gasteiger partial charge in [0.15, 0.2) is 11.5 Å². The normalized spacial score (nSPS) is 15.6. The van der Waals surface area contributed by atoms with Crippen LogP contribution in [0.15, 0.2) is 78.9 Å². The van der Waals surface area contributed by atoms with E-state index in [0.29, 0.717) is 30.0 Å². The van der Waals surface area contributed by atoms with E-state index in [1.165, 1.54) is 14.2 Å². The molecule has 1 heterocycles. The molecule has 0 radical (unpaired) electrons. The first-order valence-electron chi connectivity index (χ1n) is 12.4. The quantitative estimate of drug-likeness (QED) is 0.467. The minimum absolute atomic E-state index is 0.0741. The molecule has 0 aromatic heterocycles. The molecule has 190 valence electrons. The number of nitrogens with one attached hydrogen (secondary N) is 1. The number of rotatable bonds is 9. The number of nitriles is 1. The number of hydrogen-bond acceptors (Lipinski definition) is 5. The van der Waals surface area contributed by atoms with Gasteiger partial charge in [0.2, 0.25) is 11.8 Å². The van der Waals surface area contributed by atoms with E-state index in [9.17, 15) is 14.9 Å². The number of amides is 2. The van der Waals surface area contributed by atoms with Crippen LogP contribution >= 0.6 is 0 Å². The molecule has 7 heteroatoms. The smallest absolute Gasteiger partial charge is 0.244 e. The first kappa shape index (κ1) is 25.8. The van der Waals surface area contributed by atoms with Crippen LogP contribution in [0.3, 0.4) is 0 Å². The molecular formula is C30H31N3O4. The van der Waals surface area contributed by atoms with Gasteiger partial charge in [-0.25, -0.2) is 0 Å². The molecule has 4 rings (SSSR count). The second-order valence-electron chi connectivity index (χ2n) is 9.01. The summed E-state index contributed by atoms with van der Waals surface area (Å²) in [6.45, 7) is 0.515. The average molecular weight is 498 g/mol. The molecule has 3 aromatic carbocycles. The zero-order chi connectivity index (χ0) is 26.2. The third-order valence-corrected chi connectivity index (χ3v) is 6.82. The van der Waals surface area contributed by atoms with Crippen LogP contribution in [0.2, 0.25) is 0 Å². The second kappa shape index (κ2) is 12.1. The van der Waals surface area contributed by atoms with E-state index in [1.807, 2.05) is 60.7 Å². The van der Waals surface area contributed by atoms with Crippen molar-refractivity contribution in [2.75, 3.05) is 20.8 Å². The Kier molecular flexibility index (Phi) is 8.42. The molecule has 2 atom stereocenters. The molecule has 7 nitrogen and oxygen atoms in total. The van der Waals surface area contributed by atoms with Crippen molar-refractivity contribution in [3.8, 4) is 17.6 Å². The summed E-state index contributed by atoms with van der Waals surface area (Å²) < 4.78 is 10.6. The van der Waals surface area contributed by atoms with E-state index >= 15 is 0 Å². The number of nitrogens with zero attached hydrogens (tertiary/aromatic N) is 2. The van der Waals surface area contributed by atoms with Crippen molar-refractivity contribution in [2.24, 2.45) is 0 Å². The van der Waals surface area contributed by atoms with Crippen molar-refractivity contribution in [1.29, 1.82) is 5.26 Å². The van der Waals surface area contributed by atoms with Crippen LogP contribution in [-0.4, -0.2) is 43.5 Å². The summed E-state index contributed by atoms with van der Waals surface area (Å²) in [5, 5.41) is 12.6. The monoisotopic (exact) mass is 497 g/mol. The molecule has 1 aliphatic rings. The third-order valence-electron chi connectivity index (χ3n) is 6.82. The fourth-order valence-corrected chi connectivity index (χ4v) is 4.89. The predicted molar refractivity (Wildman–Crippen MR) is 140 cm³/mol. The molecule has 3 aromatic rings. The van der Waals surface area contributed by atoms with Crippen molar-refractivity contribution >= 4 is 11.8 Å². The van der Waals surface area contributed by atoms with Gasteiger partial charge in [-0.15, -0.1) is 0 Å². The van der Waals surface area contributed by atoms with Crippen LogP contribution in [-0.2, 0) is 9.59 Å². The van der Waals surface area contributed by atoms with E-state index in [4.69, 9.17) is 9.47 Å². The molecular weight excluding hydrogens is 466 g/mol. The molecule has 37 heavy (non-hydrogen) atoms. The summed E-state index contributed by atoms with van der Waals surface area (Å²) >= 11 is 0. The van der Waals surface area contributed by atoms with Crippen molar-refractivity contribution in [3.63, 3.8) is 0 Å². The van der Waals surface area contributed by atoms with Gasteiger partial charge in [0, 0.05) is 18.9 Å². The highest BCUT2D eigenvalue weighted by molar-refractivity contribution is 5.89. The van der Waals surface area contributed by atoms with Crippen LogP contribution in [0.4, 0.5) is 0 Å². The SMILES string of the molecule is COc1ccc(C(C#N)NC(=O)[C@@H]2CCCN2C(=O)CC(c2ccccc2)c2ccccc2)cc1OC. The summed E-state index contributed by atoms with van der Waals surface area (Å²) in [6, 6.07) is 25.6. The van der Waals surface area contributed by atoms with Crippen LogP contribution in [0.25, 0.3) is 0 Å². The Hall–Kier alpha value is -4.31. The zero-order valence-corrected chi connectivity index (χ0v) is 21.1. The van der Waals surface area contributed by atoms with Crippen LogP contribution in [0.1, 0.15) is 47.9 Å². The first-order valence-corrected chi connectivity index (χ1v) is 12.4. The van der Waals surface area contributed by atoms with Crippen molar-refractivity contribution in [3.05, 3.63) is 95.6 Å². The molecule has 0 bridgehead atoms. The molecule has 1 fully saturated rings. The maximum atomic E-state index is 13.5. The van der Waals surface area contributed by atoms with E-state index in [-0.39, 0.29) is 24.2 Å². The molecule has 1 saturated heterocycles. The molecule has 1 N–H and O–H groups in total. The lowest BCUT2D eigenvalue weighted by Gasteiger charge is -2.27. The Bertz CT molecular complexity index is 1220. The number of methoxy groups -OCH3 is 2. The fourth-order valence-electron chi connectivity index (χ4n) is 4.89. The minimum Gasteiger partial charge on any atom is -0.493 e. The Balaban J connectivity index is 1.50. The van der Waals surface area contributed by atoms with E-state index in [1.54, 1.807) is 23.1 Å². The summed E-state index contributed by atoms with van der Waals surface area (Å²) in [5.74, 6) is 0.490. The minimum atomic E-state index is -0.883. The Morgan fingerprint density at radius 3 is 2.14 bits per heavy atom. The van der Waals surface area contributed by atoms with E-state index < -0.39 is 12.1 Å². The summed E-state index contributed by atoms with van der Waals surface area (Å²) in [6.07, 6.45) is 1.55. The van der Waals surface area contributed by atoms with Gasteiger partial charge in [-0.2, -0.15) is 5.26 Å². The topological polar surface area (TPSA) is 91.7 Å². The number of ether oxygens (including phenoxy) is 2. The number of carbonyl (C=O) groups excluding carboxylic acids is 2. The van der Waals surface area contributed by atoms with Gasteiger partial charge >= 0.3 is 0 Å². The Morgan fingerprint density at radius 1 is 0.946 bits per heavy atom. The van der Waals surface area contributed by atoms with Gasteiger partial charge in [-0.1, -0.05) is 66.7 Å². The van der Waals surface area contributed by atoms with Crippen LogP contribution in [0, 0.1) is 11.3 Å². The lowest BCUT2D eigenvalue weighted by molar-refractivity contribution is -0.138. The Morgan fingerprint density at radius 2 is 1.57 bits per heavy atom. The fraction of sp³-hybridized carbons (Fsp3) is 0.300. The van der Waals surface area contributed by atoms with Crippen molar-refractivity contribution < 1.29 is 19.1 Å². The standard InChI is InChI=1S/C30H31N3O4/c1-36-27-16-15-23(18-28(27)37-2)25(20-31)32-30(35)26-14-9-17-33(26)29(34)19-24(21-10-5-3-6-11-21)22-12-7-4-8-13-22/h3-8,10-13,15-16,18,24-26H,9,14,17,19H2,1-2H3,(H,32,35)/t25?,26-/m0/s1. The number of likely N-dealkylation sites (tertiary alicyclic amines) is 1. The highest BCUT2D eigenvalue weighted by Gasteiger charge is 2.36. The molecule has 2 amide bonds. The lowest BCUT2D eigenvalue weighted by atomic mass is 9.88. The summed E-state index contributed by atoms with van der Waals surface area (Å²) in [7, 11) is 3.05. The molecule has 1 unspecified atom stereocenters. The molecule has 0 aliphatic carbocycles. The largest absolute Gasteiger partial charge is 0.493 e. The number of hydrogen-bond donors (Lipinski definition) is 1. The van der Waals surface area contributed by atoms with Gasteiger partial charge < -0.3 is 19.7 Å². The molecule has 1 aliphatic heterocycles. The predicted octanol–water partition coefficient (Wildman–Crippen LogP) is 4.60. The van der Waals surface area contributed by atoms with Gasteiger partial charge in [0.25, 0.3) is 0 Å². The van der Waals surface area contributed by atoms with Crippen molar-refractivity contribution in [2.45, 2.75) is 37.3 Å². The maximum absolute atomic E-state index is 13.5. The van der Waals surface area contributed by atoms with Crippen molar-refractivity contribution in [1.82, 2.24) is 10.2 Å². The lowest BCUT2D eigenvalue weighted by Crippen LogP contribution is -2.47. The van der Waals surface area contributed by atoms with Crippen LogP contribution < -0.4 is 14.8 Å².